The molecule has 5 nitrogen and oxygen atoms in total. The highest BCUT2D eigenvalue weighted by Crippen LogP contribution is 2.04. The van der Waals surface area contributed by atoms with Gasteiger partial charge in [0.25, 0.3) is 5.91 Å². The zero-order valence-electron chi connectivity index (χ0n) is 8.65. The van der Waals surface area contributed by atoms with Gasteiger partial charge >= 0.3 is 0 Å². The van der Waals surface area contributed by atoms with Crippen LogP contribution in [0, 0.1) is 0 Å². The molecule has 5 heteroatoms. The van der Waals surface area contributed by atoms with E-state index in [0.717, 1.165) is 0 Å². The fourth-order valence-corrected chi connectivity index (χ4v) is 1.06. The van der Waals surface area contributed by atoms with E-state index in [1.54, 1.807) is 31.0 Å². The van der Waals surface area contributed by atoms with Crippen LogP contribution in [0.1, 0.15) is 13.8 Å². The van der Waals surface area contributed by atoms with Gasteiger partial charge in [-0.25, -0.2) is 0 Å². The lowest BCUT2D eigenvalue weighted by Gasteiger charge is -2.10. The fourth-order valence-electron chi connectivity index (χ4n) is 1.06. The monoisotopic (exact) mass is 197 g/mol. The van der Waals surface area contributed by atoms with Crippen LogP contribution in [0.15, 0.2) is 12.4 Å². The Bertz CT molecular complexity index is 309. The van der Waals surface area contributed by atoms with Crippen LogP contribution in [0.5, 0.6) is 0 Å². The molecule has 14 heavy (non-hydrogen) atoms. The molecule has 0 saturated carbocycles. The van der Waals surface area contributed by atoms with Crippen molar-refractivity contribution >= 4 is 11.6 Å². The summed E-state index contributed by atoms with van der Waals surface area (Å²) in [5.74, 6) is -0.153. The first-order valence-corrected chi connectivity index (χ1v) is 4.54. The summed E-state index contributed by atoms with van der Waals surface area (Å²) in [6, 6.07) is 0. The third-order valence-corrected chi connectivity index (χ3v) is 1.76. The predicted octanol–water partition coefficient (Wildman–Crippen LogP) is 0.784. The maximum atomic E-state index is 11.4. The Labute approximate surface area is 83.1 Å². The topological polar surface area (TPSA) is 56.1 Å². The highest BCUT2D eigenvalue weighted by molar-refractivity contribution is 5.93. The molecule has 1 N–H and O–H groups in total. The largest absolute Gasteiger partial charge is 0.369 e. The van der Waals surface area contributed by atoms with E-state index in [1.165, 1.54) is 0 Å². The van der Waals surface area contributed by atoms with Crippen molar-refractivity contribution in [2.45, 2.75) is 20.0 Å². The Hall–Kier alpha value is -1.36. The average Bonchev–Trinajstić information content (AvgIpc) is 2.51. The molecule has 0 radical (unpaired) electrons. The molecule has 0 bridgehead atoms. The molecular weight excluding hydrogens is 182 g/mol. The molecule has 0 spiro atoms. The number of nitrogens with zero attached hydrogens (tertiary/aromatic N) is 2. The summed E-state index contributed by atoms with van der Waals surface area (Å²) >= 11 is 0. The minimum absolute atomic E-state index is 0.153. The summed E-state index contributed by atoms with van der Waals surface area (Å²) in [5, 5.41) is 6.64. The molecule has 1 rings (SSSR count). The summed E-state index contributed by atoms with van der Waals surface area (Å²) in [7, 11) is 1.79. The van der Waals surface area contributed by atoms with Crippen LogP contribution in [0.2, 0.25) is 0 Å². The maximum absolute atomic E-state index is 11.4. The van der Waals surface area contributed by atoms with Crippen molar-refractivity contribution in [1.29, 1.82) is 0 Å². The van der Waals surface area contributed by atoms with Gasteiger partial charge in [0.2, 0.25) is 0 Å². The Morgan fingerprint density at radius 3 is 3.00 bits per heavy atom. The number of aromatic nitrogens is 2. The lowest BCUT2D eigenvalue weighted by molar-refractivity contribution is -0.126. The summed E-state index contributed by atoms with van der Waals surface area (Å²) in [4.78, 5) is 11.4. The van der Waals surface area contributed by atoms with Crippen LogP contribution in [0.3, 0.4) is 0 Å². The van der Waals surface area contributed by atoms with Crippen molar-refractivity contribution in [2.24, 2.45) is 7.05 Å². The van der Waals surface area contributed by atoms with Crippen molar-refractivity contribution in [3.05, 3.63) is 12.4 Å². The SMILES string of the molecule is CCOC(C)C(=O)Nc1cnn(C)c1. The first-order valence-electron chi connectivity index (χ1n) is 4.54. The van der Waals surface area contributed by atoms with Gasteiger partial charge in [-0.3, -0.25) is 9.48 Å². The zero-order chi connectivity index (χ0) is 10.6. The van der Waals surface area contributed by atoms with E-state index in [0.29, 0.717) is 12.3 Å². The smallest absolute Gasteiger partial charge is 0.253 e. The quantitative estimate of drug-likeness (QED) is 0.776. The number of carbonyl (C=O) groups is 1. The molecule has 1 aromatic heterocycles. The highest BCUT2D eigenvalue weighted by atomic mass is 16.5. The molecule has 0 saturated heterocycles. The third-order valence-electron chi connectivity index (χ3n) is 1.76. The molecule has 1 heterocycles. The van der Waals surface area contributed by atoms with Crippen LogP contribution in [0.4, 0.5) is 5.69 Å². The first-order chi connectivity index (χ1) is 6.63. The van der Waals surface area contributed by atoms with Crippen molar-refractivity contribution in [1.82, 2.24) is 9.78 Å². The second-order valence-electron chi connectivity index (χ2n) is 2.99. The lowest BCUT2D eigenvalue weighted by atomic mass is 10.3. The van der Waals surface area contributed by atoms with Crippen LogP contribution < -0.4 is 5.32 Å². The Morgan fingerprint density at radius 2 is 2.50 bits per heavy atom. The van der Waals surface area contributed by atoms with Crippen molar-refractivity contribution in [3.8, 4) is 0 Å². The van der Waals surface area contributed by atoms with E-state index >= 15 is 0 Å². The van der Waals surface area contributed by atoms with E-state index in [1.807, 2.05) is 6.92 Å². The number of nitrogens with one attached hydrogen (secondary N) is 1. The highest BCUT2D eigenvalue weighted by Gasteiger charge is 2.12. The standard InChI is InChI=1S/C9H15N3O2/c1-4-14-7(2)9(13)11-8-5-10-12(3)6-8/h5-7H,4H2,1-3H3,(H,11,13). The first kappa shape index (κ1) is 10.7. The molecule has 0 aliphatic carbocycles. The van der Waals surface area contributed by atoms with E-state index in [9.17, 15) is 4.79 Å². The number of aryl methyl sites for hydroxylation is 1. The van der Waals surface area contributed by atoms with Gasteiger partial charge in [0.05, 0.1) is 11.9 Å². The zero-order valence-corrected chi connectivity index (χ0v) is 8.65. The Kier molecular flexibility index (Phi) is 3.64. The number of hydrogen-bond donors (Lipinski definition) is 1. The molecule has 0 aliphatic heterocycles. The molecule has 78 valence electrons. The number of ether oxygens (including phenoxy) is 1. The average molecular weight is 197 g/mol. The Balaban J connectivity index is 2.48. The van der Waals surface area contributed by atoms with Gasteiger partial charge in [0.15, 0.2) is 0 Å². The van der Waals surface area contributed by atoms with Gasteiger partial charge in [0.1, 0.15) is 6.10 Å². The third kappa shape index (κ3) is 2.85. The van der Waals surface area contributed by atoms with E-state index in [-0.39, 0.29) is 5.91 Å². The van der Waals surface area contributed by atoms with Gasteiger partial charge < -0.3 is 10.1 Å². The van der Waals surface area contributed by atoms with E-state index in [2.05, 4.69) is 10.4 Å². The van der Waals surface area contributed by atoms with Crippen LogP contribution >= 0.6 is 0 Å². The number of hydrogen-bond acceptors (Lipinski definition) is 3. The summed E-state index contributed by atoms with van der Waals surface area (Å²) < 4.78 is 6.77. The van der Waals surface area contributed by atoms with Crippen LogP contribution in [-0.2, 0) is 16.6 Å². The van der Waals surface area contributed by atoms with Gasteiger partial charge in [0, 0.05) is 19.9 Å². The normalized spacial score (nSPS) is 12.5. The van der Waals surface area contributed by atoms with E-state index < -0.39 is 6.10 Å². The second kappa shape index (κ2) is 4.76. The number of rotatable bonds is 4. The maximum Gasteiger partial charge on any atom is 0.253 e. The lowest BCUT2D eigenvalue weighted by Crippen LogP contribution is -2.27. The minimum Gasteiger partial charge on any atom is -0.369 e. The number of amides is 1. The fraction of sp³-hybridized carbons (Fsp3) is 0.556. The molecular formula is C9H15N3O2. The molecule has 0 fully saturated rings. The van der Waals surface area contributed by atoms with Gasteiger partial charge in [-0.1, -0.05) is 0 Å². The predicted molar refractivity (Wildman–Crippen MR) is 52.9 cm³/mol. The van der Waals surface area contributed by atoms with Crippen LogP contribution in [0.25, 0.3) is 0 Å². The summed E-state index contributed by atoms with van der Waals surface area (Å²) in [6.07, 6.45) is 2.90. The number of carbonyl (C=O) groups excluding carboxylic acids is 1. The van der Waals surface area contributed by atoms with Gasteiger partial charge in [-0.05, 0) is 13.8 Å². The molecule has 1 amide bonds. The second-order valence-corrected chi connectivity index (χ2v) is 2.99. The summed E-state index contributed by atoms with van der Waals surface area (Å²) in [6.45, 7) is 4.10. The van der Waals surface area contributed by atoms with Crippen molar-refractivity contribution in [2.75, 3.05) is 11.9 Å². The Morgan fingerprint density at radius 1 is 1.79 bits per heavy atom. The molecule has 1 unspecified atom stereocenters. The van der Waals surface area contributed by atoms with Gasteiger partial charge in [-0.2, -0.15) is 5.10 Å². The van der Waals surface area contributed by atoms with Crippen molar-refractivity contribution < 1.29 is 9.53 Å². The summed E-state index contributed by atoms with van der Waals surface area (Å²) in [5.41, 5.74) is 0.684. The van der Waals surface area contributed by atoms with Crippen LogP contribution in [-0.4, -0.2) is 28.4 Å². The van der Waals surface area contributed by atoms with E-state index in [4.69, 9.17) is 4.74 Å². The molecule has 0 aromatic carbocycles. The number of anilines is 1. The van der Waals surface area contributed by atoms with Gasteiger partial charge in [-0.15, -0.1) is 0 Å². The molecule has 1 atom stereocenters. The minimum atomic E-state index is -0.430. The molecule has 0 aliphatic rings. The molecule has 1 aromatic rings. The van der Waals surface area contributed by atoms with Crippen molar-refractivity contribution in [3.63, 3.8) is 0 Å².